The molecule has 2 aromatic rings. The Hall–Kier alpha value is -2.11. The zero-order valence-corrected chi connectivity index (χ0v) is 11.9. The molecule has 2 heterocycles. The average Bonchev–Trinajstić information content (AvgIpc) is 2.64. The van der Waals surface area contributed by atoms with Gasteiger partial charge < -0.3 is 9.47 Å². The Bertz CT molecular complexity index is 678. The number of aromatic amines is 1. The molecule has 0 unspecified atom stereocenters. The van der Waals surface area contributed by atoms with Crippen LogP contribution in [-0.2, 0) is 0 Å². The summed E-state index contributed by atoms with van der Waals surface area (Å²) in [4.78, 5) is 25.2. The number of fused-ring (bicyclic) bond motifs is 1. The van der Waals surface area contributed by atoms with Gasteiger partial charge in [0.2, 0.25) is 5.95 Å². The summed E-state index contributed by atoms with van der Waals surface area (Å²) in [6.07, 6.45) is 3.57. The topological polar surface area (TPSA) is 66.3 Å². The summed E-state index contributed by atoms with van der Waals surface area (Å²) in [5, 5.41) is 0.637. The van der Waals surface area contributed by atoms with Crippen molar-refractivity contribution in [1.29, 1.82) is 0 Å². The highest BCUT2D eigenvalue weighted by molar-refractivity contribution is 5.80. The minimum atomic E-state index is -0.146. The Labute approximate surface area is 111 Å². The van der Waals surface area contributed by atoms with Crippen LogP contribution in [0, 0.1) is 6.92 Å². The van der Waals surface area contributed by atoms with Gasteiger partial charge in [-0.15, -0.1) is 0 Å². The Morgan fingerprint density at radius 1 is 1.47 bits per heavy atom. The van der Waals surface area contributed by atoms with Crippen LogP contribution in [-0.4, -0.2) is 39.9 Å². The van der Waals surface area contributed by atoms with Crippen molar-refractivity contribution >= 4 is 23.3 Å². The summed E-state index contributed by atoms with van der Waals surface area (Å²) in [7, 11) is 3.72. The van der Waals surface area contributed by atoms with Crippen molar-refractivity contribution in [1.82, 2.24) is 19.4 Å². The van der Waals surface area contributed by atoms with Gasteiger partial charge in [-0.25, -0.2) is 4.99 Å². The van der Waals surface area contributed by atoms with E-state index in [1.807, 2.05) is 31.8 Å². The lowest BCUT2D eigenvalue weighted by Crippen LogP contribution is -2.11. The normalized spacial score (nSPS) is 11.9. The molecule has 0 bridgehead atoms. The highest BCUT2D eigenvalue weighted by Gasteiger charge is 2.13. The quantitative estimate of drug-likeness (QED) is 0.677. The highest BCUT2D eigenvalue weighted by atomic mass is 16.1. The Kier molecular flexibility index (Phi) is 3.42. The lowest BCUT2D eigenvalue weighted by atomic mass is 10.3. The molecular formula is C13H19N5O. The highest BCUT2D eigenvalue weighted by Crippen LogP contribution is 2.20. The average molecular weight is 261 g/mol. The molecule has 0 atom stereocenters. The van der Waals surface area contributed by atoms with Crippen molar-refractivity contribution < 1.29 is 0 Å². The summed E-state index contributed by atoms with van der Waals surface area (Å²) in [5.74, 6) is 0.325. The summed E-state index contributed by atoms with van der Waals surface area (Å²) in [6.45, 7) is 6.04. The van der Waals surface area contributed by atoms with E-state index < -0.39 is 0 Å². The third-order valence-corrected chi connectivity index (χ3v) is 2.83. The van der Waals surface area contributed by atoms with Gasteiger partial charge in [0, 0.05) is 26.3 Å². The number of hydrogen-bond acceptors (Lipinski definition) is 3. The van der Waals surface area contributed by atoms with Crippen LogP contribution in [0.3, 0.4) is 0 Å². The molecule has 0 spiro atoms. The first-order chi connectivity index (χ1) is 8.90. The minimum absolute atomic E-state index is 0.146. The molecule has 0 radical (unpaired) electrons. The molecule has 6 heteroatoms. The van der Waals surface area contributed by atoms with E-state index in [1.54, 1.807) is 11.2 Å². The van der Waals surface area contributed by atoms with Crippen LogP contribution in [0.5, 0.6) is 0 Å². The molecule has 0 aromatic carbocycles. The van der Waals surface area contributed by atoms with E-state index in [-0.39, 0.29) is 11.6 Å². The van der Waals surface area contributed by atoms with Crippen LogP contribution in [0.25, 0.3) is 11.0 Å². The Morgan fingerprint density at radius 3 is 2.74 bits per heavy atom. The molecule has 0 saturated heterocycles. The van der Waals surface area contributed by atoms with Crippen molar-refractivity contribution in [2.75, 3.05) is 14.1 Å². The second kappa shape index (κ2) is 4.87. The number of H-pyrrole nitrogens is 1. The molecule has 2 aromatic heterocycles. The number of aromatic nitrogens is 3. The van der Waals surface area contributed by atoms with Crippen LogP contribution in [0.2, 0.25) is 0 Å². The fraction of sp³-hybridized carbons (Fsp3) is 0.462. The molecule has 2 rings (SSSR count). The van der Waals surface area contributed by atoms with Crippen LogP contribution < -0.4 is 5.56 Å². The van der Waals surface area contributed by atoms with E-state index in [2.05, 4.69) is 28.8 Å². The van der Waals surface area contributed by atoms with Gasteiger partial charge in [0.25, 0.3) is 5.56 Å². The first-order valence-electron chi connectivity index (χ1n) is 6.22. The number of aliphatic imine (C=N–C) groups is 1. The number of aryl methyl sites for hydroxylation is 1. The molecule has 19 heavy (non-hydrogen) atoms. The predicted molar refractivity (Wildman–Crippen MR) is 77.3 cm³/mol. The monoisotopic (exact) mass is 261 g/mol. The van der Waals surface area contributed by atoms with Crippen molar-refractivity contribution in [2.24, 2.45) is 4.99 Å². The van der Waals surface area contributed by atoms with Gasteiger partial charge in [0.15, 0.2) is 0 Å². The second-order valence-corrected chi connectivity index (χ2v) is 5.11. The summed E-state index contributed by atoms with van der Waals surface area (Å²) < 4.78 is 1.99. The molecule has 0 fully saturated rings. The first-order valence-corrected chi connectivity index (χ1v) is 6.22. The van der Waals surface area contributed by atoms with Gasteiger partial charge in [-0.2, -0.15) is 4.98 Å². The number of hydrogen-bond donors (Lipinski definition) is 1. The maximum atomic E-state index is 12.1. The molecule has 1 N–H and O–H groups in total. The van der Waals surface area contributed by atoms with Crippen LogP contribution >= 0.6 is 0 Å². The van der Waals surface area contributed by atoms with Gasteiger partial charge in [-0.1, -0.05) is 0 Å². The number of nitrogens with one attached hydrogen (secondary N) is 1. The zero-order valence-electron chi connectivity index (χ0n) is 11.9. The second-order valence-electron chi connectivity index (χ2n) is 5.11. The van der Waals surface area contributed by atoms with Crippen molar-refractivity contribution in [3.63, 3.8) is 0 Å². The lowest BCUT2D eigenvalue weighted by molar-refractivity contribution is 0.616. The summed E-state index contributed by atoms with van der Waals surface area (Å²) in [5.41, 5.74) is 1.47. The SMILES string of the molecule is Cc1cn(C(C)C)c2nc(N=CN(C)C)[nH]c(=O)c12. The minimum Gasteiger partial charge on any atom is -0.369 e. The zero-order chi connectivity index (χ0) is 14.2. The largest absolute Gasteiger partial charge is 0.369 e. The van der Waals surface area contributed by atoms with Crippen LogP contribution in [0.4, 0.5) is 5.95 Å². The van der Waals surface area contributed by atoms with E-state index in [4.69, 9.17) is 0 Å². The predicted octanol–water partition coefficient (Wildman–Crippen LogP) is 1.84. The fourth-order valence-electron chi connectivity index (χ4n) is 1.95. The number of rotatable bonds is 3. The van der Waals surface area contributed by atoms with E-state index >= 15 is 0 Å². The van der Waals surface area contributed by atoms with Crippen molar-refractivity contribution in [2.45, 2.75) is 26.8 Å². The number of nitrogens with zero attached hydrogens (tertiary/aromatic N) is 4. The third-order valence-electron chi connectivity index (χ3n) is 2.83. The van der Waals surface area contributed by atoms with E-state index in [9.17, 15) is 4.79 Å². The van der Waals surface area contributed by atoms with E-state index in [1.165, 1.54) is 0 Å². The van der Waals surface area contributed by atoms with Crippen LogP contribution in [0.15, 0.2) is 16.0 Å². The van der Waals surface area contributed by atoms with E-state index in [0.717, 1.165) is 5.56 Å². The van der Waals surface area contributed by atoms with Crippen LogP contribution in [0.1, 0.15) is 25.5 Å². The Morgan fingerprint density at radius 2 is 2.16 bits per heavy atom. The lowest BCUT2D eigenvalue weighted by Gasteiger charge is -2.08. The third kappa shape index (κ3) is 2.52. The van der Waals surface area contributed by atoms with Gasteiger partial charge >= 0.3 is 0 Å². The maximum Gasteiger partial charge on any atom is 0.262 e. The van der Waals surface area contributed by atoms with Gasteiger partial charge in [0.05, 0.1) is 11.7 Å². The van der Waals surface area contributed by atoms with Crippen molar-refractivity contribution in [3.8, 4) is 0 Å². The molecule has 0 saturated carbocycles. The molecule has 0 amide bonds. The molecule has 0 aliphatic carbocycles. The molecule has 102 valence electrons. The standard InChI is InChI=1S/C13H19N5O/c1-8(2)18-6-9(3)10-11(18)15-13(16-12(10)19)14-7-17(4)5/h6-8H,1-5H3,(H,15,16,19). The maximum absolute atomic E-state index is 12.1. The fourth-order valence-corrected chi connectivity index (χ4v) is 1.95. The first kappa shape index (κ1) is 13.3. The summed E-state index contributed by atoms with van der Waals surface area (Å²) in [6, 6.07) is 0.246. The molecular weight excluding hydrogens is 242 g/mol. The molecule has 0 aliphatic heterocycles. The van der Waals surface area contributed by atoms with E-state index in [0.29, 0.717) is 17.0 Å². The molecule has 0 aliphatic rings. The Balaban J connectivity index is 2.67. The van der Waals surface area contributed by atoms with Crippen molar-refractivity contribution in [3.05, 3.63) is 22.1 Å². The molecule has 6 nitrogen and oxygen atoms in total. The smallest absolute Gasteiger partial charge is 0.262 e. The van der Waals surface area contributed by atoms with Gasteiger partial charge in [0.1, 0.15) is 5.65 Å². The van der Waals surface area contributed by atoms with Gasteiger partial charge in [-0.3, -0.25) is 9.78 Å². The summed E-state index contributed by atoms with van der Waals surface area (Å²) >= 11 is 0. The van der Waals surface area contributed by atoms with Gasteiger partial charge in [-0.05, 0) is 26.3 Å².